The van der Waals surface area contributed by atoms with Crippen LogP contribution in [0, 0.1) is 0 Å². The second-order valence-electron chi connectivity index (χ2n) is 2.18. The predicted octanol–water partition coefficient (Wildman–Crippen LogP) is 1.49. The molecule has 0 fully saturated rings. The van der Waals surface area contributed by atoms with E-state index in [0.717, 1.165) is 12.8 Å². The molecule has 0 aromatic carbocycles. The van der Waals surface area contributed by atoms with Crippen molar-refractivity contribution in [3.63, 3.8) is 0 Å². The molecule has 0 saturated heterocycles. The van der Waals surface area contributed by atoms with Crippen molar-refractivity contribution >= 4 is 43.7 Å². The number of carboxylic acids is 1. The molecule has 0 rings (SSSR count). The van der Waals surface area contributed by atoms with Gasteiger partial charge in [-0.1, -0.05) is 26.7 Å². The Kier molecular flexibility index (Phi) is 27.2. The molecule has 2 N–H and O–H groups in total. The summed E-state index contributed by atoms with van der Waals surface area (Å²) < 4.78 is 0. The van der Waals surface area contributed by atoms with Gasteiger partial charge in [-0.05, 0) is 6.42 Å². The number of hydrogen-bond acceptors (Lipinski definition) is 2. The van der Waals surface area contributed by atoms with Gasteiger partial charge >= 0.3 is 43.7 Å². The van der Waals surface area contributed by atoms with Crippen molar-refractivity contribution in [3.8, 4) is 0 Å². The summed E-state index contributed by atoms with van der Waals surface area (Å²) in [5.74, 6) is -0.745. The van der Waals surface area contributed by atoms with Gasteiger partial charge < -0.3 is 13.1 Å². The predicted molar refractivity (Wildman–Crippen MR) is 52.5 cm³/mol. The van der Waals surface area contributed by atoms with Crippen LogP contribution in [0.4, 0.5) is 0 Å². The Morgan fingerprint density at radius 3 is 1.83 bits per heavy atom. The minimum Gasteiger partial charge on any atom is -1.00 e. The van der Waals surface area contributed by atoms with Crippen LogP contribution >= 0.6 is 0 Å². The number of aliphatic hydroxyl groups excluding tert-OH is 1. The normalized spacial score (nSPS) is 7.58. The zero-order chi connectivity index (χ0) is 9.11. The third kappa shape index (κ3) is 31.0. The van der Waals surface area contributed by atoms with Gasteiger partial charge in [0, 0.05) is 13.0 Å². The van der Waals surface area contributed by atoms with Crippen molar-refractivity contribution in [2.45, 2.75) is 39.5 Å². The first kappa shape index (κ1) is 18.5. The molecule has 0 aliphatic rings. The maximum Gasteiger partial charge on any atom is 2.00 e. The Bertz CT molecular complexity index is 90.7. The molecule has 0 aliphatic carbocycles. The van der Waals surface area contributed by atoms with Crippen LogP contribution in [0.25, 0.3) is 0 Å². The topological polar surface area (TPSA) is 57.5 Å². The summed E-state index contributed by atoms with van der Waals surface area (Å²) in [4.78, 5) is 9.37. The van der Waals surface area contributed by atoms with Gasteiger partial charge in [0.1, 0.15) is 0 Å². The molecule has 0 aliphatic heterocycles. The van der Waals surface area contributed by atoms with Crippen molar-refractivity contribution in [2.24, 2.45) is 0 Å². The van der Waals surface area contributed by atoms with Gasteiger partial charge in [-0.25, -0.2) is 0 Å². The van der Waals surface area contributed by atoms with E-state index in [1.54, 1.807) is 6.92 Å². The van der Waals surface area contributed by atoms with Gasteiger partial charge in [-0.3, -0.25) is 4.79 Å². The molecule has 0 amide bonds. The minimum atomic E-state index is -0.745. The fourth-order valence-electron chi connectivity index (χ4n) is 0.362. The molecule has 0 heterocycles. The standard InChI is InChI=1S/C5H12O.C3H6O2.Ca.2H/c1-2-3-4-5-6;1-2-3(4)5;;;/h6H,2-5H2,1H3;2H2,1H3,(H,4,5);;;/q;;+2;2*-1. The molecule has 0 aromatic rings. The van der Waals surface area contributed by atoms with Crippen LogP contribution in [0.2, 0.25) is 0 Å². The van der Waals surface area contributed by atoms with E-state index in [-0.39, 0.29) is 47.0 Å². The van der Waals surface area contributed by atoms with E-state index in [9.17, 15) is 4.79 Å². The SMILES string of the molecule is CCC(=O)O.CCCCCO.[Ca+2].[H-].[H-]. The van der Waals surface area contributed by atoms with Crippen molar-refractivity contribution < 1.29 is 17.9 Å². The zero-order valence-electron chi connectivity index (χ0n) is 10.0. The molecular formula is C8H20CaO3. The number of aliphatic hydroxyl groups is 1. The molecule has 0 bridgehead atoms. The Balaban J connectivity index is -0.0000000321. The Hall–Kier alpha value is 0.690. The quantitative estimate of drug-likeness (QED) is 0.539. The molecule has 0 unspecified atom stereocenters. The van der Waals surface area contributed by atoms with E-state index in [4.69, 9.17) is 10.2 Å². The smallest absolute Gasteiger partial charge is 1.00 e. The molecule has 0 spiro atoms. The number of rotatable bonds is 4. The number of aliphatic carboxylic acids is 1. The average Bonchev–Trinajstić information content (AvgIpc) is 2.02. The van der Waals surface area contributed by atoms with Crippen molar-refractivity contribution in [1.29, 1.82) is 0 Å². The summed E-state index contributed by atoms with van der Waals surface area (Å²) in [7, 11) is 0. The molecule has 12 heavy (non-hydrogen) atoms. The summed E-state index contributed by atoms with van der Waals surface area (Å²) in [6.45, 7) is 4.08. The van der Waals surface area contributed by atoms with Gasteiger partial charge in [0.15, 0.2) is 0 Å². The maximum absolute atomic E-state index is 9.37. The molecular weight excluding hydrogens is 184 g/mol. The number of carbonyl (C=O) groups is 1. The first-order valence-corrected chi connectivity index (χ1v) is 4.01. The van der Waals surface area contributed by atoms with Gasteiger partial charge in [0.2, 0.25) is 0 Å². The molecule has 0 radical (unpaired) electrons. The second-order valence-corrected chi connectivity index (χ2v) is 2.18. The van der Waals surface area contributed by atoms with Crippen LogP contribution in [-0.4, -0.2) is 60.5 Å². The molecule has 0 aromatic heterocycles. The van der Waals surface area contributed by atoms with E-state index < -0.39 is 5.97 Å². The van der Waals surface area contributed by atoms with E-state index in [0.29, 0.717) is 6.61 Å². The third-order valence-corrected chi connectivity index (χ3v) is 1.06. The van der Waals surface area contributed by atoms with Gasteiger partial charge in [0.05, 0.1) is 0 Å². The average molecular weight is 204 g/mol. The van der Waals surface area contributed by atoms with Crippen LogP contribution in [0.1, 0.15) is 42.4 Å². The first-order valence-electron chi connectivity index (χ1n) is 4.01. The Morgan fingerprint density at radius 1 is 1.33 bits per heavy atom. The molecule has 0 saturated carbocycles. The van der Waals surface area contributed by atoms with Crippen molar-refractivity contribution in [2.75, 3.05) is 6.61 Å². The van der Waals surface area contributed by atoms with E-state index in [1.807, 2.05) is 0 Å². The van der Waals surface area contributed by atoms with E-state index in [2.05, 4.69) is 6.92 Å². The van der Waals surface area contributed by atoms with Crippen molar-refractivity contribution in [1.82, 2.24) is 0 Å². The Labute approximate surface area is 107 Å². The Morgan fingerprint density at radius 2 is 1.75 bits per heavy atom. The van der Waals surface area contributed by atoms with E-state index in [1.165, 1.54) is 6.42 Å². The van der Waals surface area contributed by atoms with Crippen LogP contribution in [-0.2, 0) is 4.79 Å². The van der Waals surface area contributed by atoms with Crippen LogP contribution in [0.3, 0.4) is 0 Å². The van der Waals surface area contributed by atoms with Crippen molar-refractivity contribution in [3.05, 3.63) is 0 Å². The minimum absolute atomic E-state index is 0. The summed E-state index contributed by atoms with van der Waals surface area (Å²) in [6.07, 6.45) is 3.55. The molecule has 4 heteroatoms. The number of hydrogen-bond donors (Lipinski definition) is 2. The fourth-order valence-corrected chi connectivity index (χ4v) is 0.362. The van der Waals surface area contributed by atoms with Crippen LogP contribution in [0.15, 0.2) is 0 Å². The van der Waals surface area contributed by atoms with E-state index >= 15 is 0 Å². The maximum atomic E-state index is 9.37. The van der Waals surface area contributed by atoms with Crippen LogP contribution < -0.4 is 0 Å². The largest absolute Gasteiger partial charge is 2.00 e. The number of unbranched alkanes of at least 4 members (excludes halogenated alkanes) is 2. The number of carboxylic acid groups (broad SMARTS) is 1. The molecule has 3 nitrogen and oxygen atoms in total. The first-order chi connectivity index (χ1) is 5.18. The van der Waals surface area contributed by atoms with Gasteiger partial charge in [-0.2, -0.15) is 0 Å². The summed E-state index contributed by atoms with van der Waals surface area (Å²) >= 11 is 0. The summed E-state index contributed by atoms with van der Waals surface area (Å²) in [5, 5.41) is 15.9. The second kappa shape index (κ2) is 17.7. The van der Waals surface area contributed by atoms with Crippen LogP contribution in [0.5, 0.6) is 0 Å². The fraction of sp³-hybridized carbons (Fsp3) is 0.875. The van der Waals surface area contributed by atoms with Gasteiger partial charge in [-0.15, -0.1) is 0 Å². The molecule has 72 valence electrons. The zero-order valence-corrected chi connectivity index (χ0v) is 10.3. The third-order valence-electron chi connectivity index (χ3n) is 1.06. The molecule has 0 atom stereocenters. The van der Waals surface area contributed by atoms with Gasteiger partial charge in [0.25, 0.3) is 0 Å². The summed E-state index contributed by atoms with van der Waals surface area (Å²) in [5.41, 5.74) is 0. The summed E-state index contributed by atoms with van der Waals surface area (Å²) in [6, 6.07) is 0. The monoisotopic (exact) mass is 204 g/mol.